The molecule has 0 rings (SSSR count). The van der Waals surface area contributed by atoms with Crippen molar-refractivity contribution in [1.82, 2.24) is 0 Å². The summed E-state index contributed by atoms with van der Waals surface area (Å²) in [7, 11) is -3.36. The maximum Gasteiger partial charge on any atom is 0.341 e. The topological polar surface area (TPSA) is 78.9 Å². The van der Waals surface area contributed by atoms with Gasteiger partial charge in [0.25, 0.3) is 0 Å². The van der Waals surface area contributed by atoms with Crippen LogP contribution in [0.25, 0.3) is 0 Å². The Morgan fingerprint density at radius 3 is 2.05 bits per heavy atom. The Labute approximate surface area is 133 Å². The Hall–Kier alpha value is -0.710. The number of carbonyl (C=O) groups excluding carboxylic acids is 2. The second-order valence-electron chi connectivity index (χ2n) is 4.90. The molecule has 0 aromatic rings. The van der Waals surface area contributed by atoms with Gasteiger partial charge in [-0.05, 0) is 26.7 Å². The molecule has 0 aliphatic carbocycles. The minimum Gasteiger partial charge on any atom is -0.465 e. The van der Waals surface area contributed by atoms with Gasteiger partial charge in [0.2, 0.25) is 0 Å². The zero-order valence-corrected chi connectivity index (χ0v) is 14.6. The fraction of sp³-hybridized carbons (Fsp3) is 0.867. The molecule has 7 heteroatoms. The van der Waals surface area contributed by atoms with E-state index in [-0.39, 0.29) is 19.4 Å². The van der Waals surface area contributed by atoms with Gasteiger partial charge in [-0.15, -0.1) is 0 Å². The average molecular weight is 336 g/mol. The number of unbranched alkanes of at least 4 members (excludes halogenated alkanes) is 6. The van der Waals surface area contributed by atoms with Crippen LogP contribution in [0.5, 0.6) is 0 Å². The van der Waals surface area contributed by atoms with Crippen LogP contribution in [0.15, 0.2) is 0 Å². The number of aldehydes is 1. The summed E-state index contributed by atoms with van der Waals surface area (Å²) < 4.78 is 27.3. The smallest absolute Gasteiger partial charge is 0.341 e. The third-order valence-corrected chi connectivity index (χ3v) is 4.90. The lowest BCUT2D eigenvalue weighted by Gasteiger charge is -2.16. The molecule has 0 saturated carbocycles. The van der Waals surface area contributed by atoms with E-state index in [9.17, 15) is 14.2 Å². The number of hydrogen-bond donors (Lipinski definition) is 0. The lowest BCUT2D eigenvalue weighted by molar-refractivity contribution is -0.141. The van der Waals surface area contributed by atoms with Crippen molar-refractivity contribution < 1.29 is 27.9 Å². The molecule has 0 aromatic heterocycles. The number of rotatable bonds is 15. The van der Waals surface area contributed by atoms with E-state index in [1.807, 2.05) is 0 Å². The van der Waals surface area contributed by atoms with Crippen molar-refractivity contribution in [1.29, 1.82) is 0 Å². The van der Waals surface area contributed by atoms with Gasteiger partial charge in [0.15, 0.2) is 0 Å². The van der Waals surface area contributed by atoms with Gasteiger partial charge in [0.1, 0.15) is 12.4 Å². The van der Waals surface area contributed by atoms with Crippen LogP contribution in [0.3, 0.4) is 0 Å². The number of ether oxygens (including phenoxy) is 1. The molecule has 6 nitrogen and oxygen atoms in total. The van der Waals surface area contributed by atoms with Crippen LogP contribution in [0.4, 0.5) is 0 Å². The summed E-state index contributed by atoms with van der Waals surface area (Å²) in [4.78, 5) is 21.8. The number of carbonyl (C=O) groups is 2. The first-order valence-corrected chi connectivity index (χ1v) is 9.78. The van der Waals surface area contributed by atoms with E-state index in [4.69, 9.17) is 13.8 Å². The van der Waals surface area contributed by atoms with E-state index in [1.165, 1.54) is 0 Å². The summed E-state index contributed by atoms with van der Waals surface area (Å²) in [5, 5.41) is 0. The van der Waals surface area contributed by atoms with Crippen molar-refractivity contribution in [3.63, 3.8) is 0 Å². The Kier molecular flexibility index (Phi) is 13.5. The van der Waals surface area contributed by atoms with E-state index in [0.29, 0.717) is 13.0 Å². The van der Waals surface area contributed by atoms with Crippen molar-refractivity contribution in [2.24, 2.45) is 0 Å². The normalized spacial score (nSPS) is 11.4. The van der Waals surface area contributed by atoms with Gasteiger partial charge < -0.3 is 18.6 Å². The SMILES string of the molecule is CCOP(=O)(CC(=O)OCCCCCCCCC=O)OCC. The van der Waals surface area contributed by atoms with Gasteiger partial charge in [-0.2, -0.15) is 0 Å². The highest BCUT2D eigenvalue weighted by Gasteiger charge is 2.28. The summed E-state index contributed by atoms with van der Waals surface area (Å²) >= 11 is 0. The molecular weight excluding hydrogens is 307 g/mol. The number of esters is 1. The Balaban J connectivity index is 3.67. The fourth-order valence-corrected chi connectivity index (χ4v) is 3.40. The number of hydrogen-bond acceptors (Lipinski definition) is 6. The molecule has 22 heavy (non-hydrogen) atoms. The van der Waals surface area contributed by atoms with E-state index in [0.717, 1.165) is 44.8 Å². The molecule has 130 valence electrons. The summed E-state index contributed by atoms with van der Waals surface area (Å²) in [6.07, 6.45) is 7.17. The highest BCUT2D eigenvalue weighted by Crippen LogP contribution is 2.47. The molecule has 0 aliphatic heterocycles. The summed E-state index contributed by atoms with van der Waals surface area (Å²) in [5.74, 6) is -0.545. The molecule has 0 aromatic carbocycles. The van der Waals surface area contributed by atoms with Crippen molar-refractivity contribution in [3.8, 4) is 0 Å². The lowest BCUT2D eigenvalue weighted by Crippen LogP contribution is -2.14. The summed E-state index contributed by atoms with van der Waals surface area (Å²) in [5.41, 5.74) is 0. The van der Waals surface area contributed by atoms with Crippen LogP contribution in [0, 0.1) is 0 Å². The van der Waals surface area contributed by atoms with Crippen LogP contribution in [-0.2, 0) is 27.9 Å². The Bertz CT molecular complexity index is 335. The lowest BCUT2D eigenvalue weighted by atomic mass is 10.1. The quantitative estimate of drug-likeness (QED) is 0.196. The van der Waals surface area contributed by atoms with Crippen LogP contribution in [0.2, 0.25) is 0 Å². The van der Waals surface area contributed by atoms with Gasteiger partial charge in [-0.25, -0.2) is 0 Å². The maximum atomic E-state index is 12.1. The third-order valence-electron chi connectivity index (χ3n) is 2.95. The second kappa shape index (κ2) is 13.9. The first-order chi connectivity index (χ1) is 10.6. The van der Waals surface area contributed by atoms with Crippen molar-refractivity contribution in [2.45, 2.75) is 58.8 Å². The Morgan fingerprint density at radius 1 is 0.955 bits per heavy atom. The second-order valence-corrected chi connectivity index (χ2v) is 6.96. The first-order valence-electron chi connectivity index (χ1n) is 8.05. The van der Waals surface area contributed by atoms with E-state index >= 15 is 0 Å². The van der Waals surface area contributed by atoms with Crippen LogP contribution in [0.1, 0.15) is 58.8 Å². The van der Waals surface area contributed by atoms with E-state index < -0.39 is 13.6 Å². The van der Waals surface area contributed by atoms with Gasteiger partial charge >= 0.3 is 13.6 Å². The predicted molar refractivity (Wildman–Crippen MR) is 85.1 cm³/mol. The van der Waals surface area contributed by atoms with E-state index in [2.05, 4.69) is 0 Å². The molecule has 0 N–H and O–H groups in total. The Morgan fingerprint density at radius 2 is 1.50 bits per heavy atom. The molecule has 0 fully saturated rings. The van der Waals surface area contributed by atoms with Crippen LogP contribution < -0.4 is 0 Å². The molecule has 0 heterocycles. The minimum atomic E-state index is -3.36. The molecule has 0 atom stereocenters. The highest BCUT2D eigenvalue weighted by atomic mass is 31.2. The monoisotopic (exact) mass is 336 g/mol. The largest absolute Gasteiger partial charge is 0.465 e. The van der Waals surface area contributed by atoms with Crippen molar-refractivity contribution >= 4 is 19.9 Å². The molecule has 0 aliphatic rings. The standard InChI is InChI=1S/C15H29O6P/c1-3-20-22(18,21-4-2)14-15(17)19-13-11-9-7-5-6-8-10-12-16/h12H,3-11,13-14H2,1-2H3. The molecule has 0 unspecified atom stereocenters. The minimum absolute atomic E-state index is 0.231. The molecular formula is C15H29O6P. The molecule has 0 spiro atoms. The zero-order chi connectivity index (χ0) is 16.7. The van der Waals surface area contributed by atoms with Gasteiger partial charge in [-0.1, -0.05) is 25.7 Å². The van der Waals surface area contributed by atoms with Gasteiger partial charge in [0.05, 0.1) is 19.8 Å². The van der Waals surface area contributed by atoms with E-state index in [1.54, 1.807) is 13.8 Å². The average Bonchev–Trinajstić information content (AvgIpc) is 2.45. The molecule has 0 amide bonds. The predicted octanol–water partition coefficient (Wildman–Crippen LogP) is 3.73. The summed E-state index contributed by atoms with van der Waals surface area (Å²) in [6, 6.07) is 0. The zero-order valence-electron chi connectivity index (χ0n) is 13.8. The van der Waals surface area contributed by atoms with Crippen molar-refractivity contribution in [2.75, 3.05) is 26.0 Å². The van der Waals surface area contributed by atoms with Gasteiger partial charge in [-0.3, -0.25) is 9.36 Å². The van der Waals surface area contributed by atoms with Crippen LogP contribution in [-0.4, -0.2) is 38.2 Å². The third kappa shape index (κ3) is 11.9. The van der Waals surface area contributed by atoms with Crippen LogP contribution >= 0.6 is 7.60 Å². The van der Waals surface area contributed by atoms with Gasteiger partial charge in [0, 0.05) is 6.42 Å². The molecule has 0 saturated heterocycles. The van der Waals surface area contributed by atoms with Crippen molar-refractivity contribution in [3.05, 3.63) is 0 Å². The molecule has 0 radical (unpaired) electrons. The summed E-state index contributed by atoms with van der Waals surface area (Å²) in [6.45, 7) is 4.19. The highest BCUT2D eigenvalue weighted by molar-refractivity contribution is 7.54. The first kappa shape index (κ1) is 21.3. The maximum absolute atomic E-state index is 12.1. The molecule has 0 bridgehead atoms. The fourth-order valence-electron chi connectivity index (χ4n) is 1.95.